The molecule has 5 N–H and O–H groups in total. The zero-order valence-corrected chi connectivity index (χ0v) is 18.0. The number of thiazole rings is 1. The molecule has 0 radical (unpaired) electrons. The van der Waals surface area contributed by atoms with Gasteiger partial charge in [-0.05, 0) is 19.3 Å². The molecule has 0 aliphatic heterocycles. The van der Waals surface area contributed by atoms with Crippen molar-refractivity contribution in [3.05, 3.63) is 28.2 Å². The Balaban J connectivity index is 1.62. The maximum absolute atomic E-state index is 14.8. The van der Waals surface area contributed by atoms with Gasteiger partial charge in [0.05, 0.1) is 12.5 Å². The Morgan fingerprint density at radius 3 is 2.71 bits per heavy atom. The van der Waals surface area contributed by atoms with E-state index in [4.69, 9.17) is 5.11 Å². The zero-order valence-electron chi connectivity index (χ0n) is 17.2. The highest BCUT2D eigenvalue weighted by atomic mass is 32.1. The van der Waals surface area contributed by atoms with Crippen LogP contribution in [0.4, 0.5) is 20.8 Å². The van der Waals surface area contributed by atoms with E-state index in [1.807, 2.05) is 5.38 Å². The molecule has 1 aliphatic carbocycles. The van der Waals surface area contributed by atoms with Crippen LogP contribution in [0.15, 0.2) is 11.6 Å². The lowest BCUT2D eigenvalue weighted by molar-refractivity contribution is -0.124. The second kappa shape index (κ2) is 10.8. The molecular formula is C19H26FN7O3S. The van der Waals surface area contributed by atoms with Crippen LogP contribution in [-0.4, -0.2) is 38.6 Å². The Hall–Kier alpha value is -3.02. The molecule has 2 amide bonds. The number of carbonyl (C=O) groups excluding carboxylic acids is 1. The molecule has 0 unspecified atom stereocenters. The number of amides is 2. The van der Waals surface area contributed by atoms with E-state index < -0.39 is 23.7 Å². The van der Waals surface area contributed by atoms with Crippen LogP contribution in [0, 0.1) is 24.6 Å². The average molecular weight is 452 g/mol. The van der Waals surface area contributed by atoms with Gasteiger partial charge >= 0.3 is 6.09 Å². The number of carbonyl (C=O) groups is 2. The third kappa shape index (κ3) is 6.74. The van der Waals surface area contributed by atoms with Gasteiger partial charge in [-0.3, -0.25) is 15.6 Å². The first-order valence-electron chi connectivity index (χ1n) is 10.1. The Kier molecular flexibility index (Phi) is 7.93. The van der Waals surface area contributed by atoms with Crippen molar-refractivity contribution in [2.24, 2.45) is 11.8 Å². The highest BCUT2D eigenvalue weighted by Gasteiger charge is 2.26. The average Bonchev–Trinajstić information content (AvgIpc) is 3.44. The molecule has 168 valence electrons. The third-order valence-corrected chi connectivity index (χ3v) is 5.90. The topological polar surface area (TPSA) is 141 Å². The maximum atomic E-state index is 14.8. The van der Waals surface area contributed by atoms with Crippen molar-refractivity contribution < 1.29 is 19.1 Å². The Morgan fingerprint density at radius 2 is 2.03 bits per heavy atom. The van der Waals surface area contributed by atoms with E-state index in [2.05, 4.69) is 36.4 Å². The summed E-state index contributed by atoms with van der Waals surface area (Å²) in [5.74, 6) is -1.21. The molecule has 2 aromatic heterocycles. The lowest BCUT2D eigenvalue weighted by atomic mass is 9.92. The van der Waals surface area contributed by atoms with Gasteiger partial charge in [0.1, 0.15) is 10.8 Å². The summed E-state index contributed by atoms with van der Waals surface area (Å²) in [6.45, 7) is 1.91. The van der Waals surface area contributed by atoms with E-state index in [1.165, 1.54) is 11.3 Å². The van der Waals surface area contributed by atoms with Crippen LogP contribution in [0.25, 0.3) is 0 Å². The minimum atomic E-state index is -1.19. The molecule has 2 heterocycles. The third-order valence-electron chi connectivity index (χ3n) is 5.12. The van der Waals surface area contributed by atoms with Crippen LogP contribution >= 0.6 is 11.3 Å². The normalized spacial score (nSPS) is 14.8. The SMILES string of the molecule is Cc1nc(NCc2nccs2)c(F)c(NNC(=O)[C@@H](CNC(=O)O)CC2CCCC2)n1. The van der Waals surface area contributed by atoms with E-state index in [1.54, 1.807) is 13.1 Å². The monoisotopic (exact) mass is 451 g/mol. The maximum Gasteiger partial charge on any atom is 0.404 e. The van der Waals surface area contributed by atoms with Crippen molar-refractivity contribution >= 4 is 35.0 Å². The molecule has 10 nitrogen and oxygen atoms in total. The van der Waals surface area contributed by atoms with Gasteiger partial charge in [0.2, 0.25) is 11.7 Å². The standard InChI is InChI=1S/C19H26FN7O3S/c1-11-24-16(22-10-14-21-6-7-31-14)15(20)17(25-11)26-27-18(28)13(9-23-19(29)30)8-12-4-2-3-5-12/h6-7,12-13,23H,2-5,8-10H2,1H3,(H,27,28)(H,29,30)(H2,22,24,25,26)/t13-/m1/s1. The van der Waals surface area contributed by atoms with Gasteiger partial charge in [-0.15, -0.1) is 11.3 Å². The summed E-state index contributed by atoms with van der Waals surface area (Å²) in [5, 5.41) is 16.6. The summed E-state index contributed by atoms with van der Waals surface area (Å²) in [6.07, 6.45) is 5.33. The molecule has 0 saturated heterocycles. The van der Waals surface area contributed by atoms with Gasteiger partial charge in [0.25, 0.3) is 0 Å². The minimum absolute atomic E-state index is 0.00509. The largest absolute Gasteiger partial charge is 0.465 e. The molecule has 1 atom stereocenters. The highest BCUT2D eigenvalue weighted by Crippen LogP contribution is 2.30. The van der Waals surface area contributed by atoms with E-state index in [0.29, 0.717) is 24.7 Å². The molecular weight excluding hydrogens is 425 g/mol. The van der Waals surface area contributed by atoms with Crippen LogP contribution in [0.2, 0.25) is 0 Å². The Bertz CT molecular complexity index is 891. The van der Waals surface area contributed by atoms with E-state index in [-0.39, 0.29) is 18.2 Å². The summed E-state index contributed by atoms with van der Waals surface area (Å²) < 4.78 is 14.8. The lowest BCUT2D eigenvalue weighted by Gasteiger charge is -2.20. The summed E-state index contributed by atoms with van der Waals surface area (Å²) in [5.41, 5.74) is 5.00. The van der Waals surface area contributed by atoms with Crippen molar-refractivity contribution in [3.8, 4) is 0 Å². The second-order valence-corrected chi connectivity index (χ2v) is 8.42. The second-order valence-electron chi connectivity index (χ2n) is 7.44. The number of hydrogen-bond donors (Lipinski definition) is 5. The Morgan fingerprint density at radius 1 is 1.29 bits per heavy atom. The minimum Gasteiger partial charge on any atom is -0.465 e. The molecule has 2 aromatic rings. The van der Waals surface area contributed by atoms with Gasteiger partial charge in [-0.1, -0.05) is 25.7 Å². The molecule has 12 heteroatoms. The number of aryl methyl sites for hydroxylation is 1. The summed E-state index contributed by atoms with van der Waals surface area (Å²) in [7, 11) is 0. The number of nitrogens with one attached hydrogen (secondary N) is 4. The molecule has 1 fully saturated rings. The zero-order chi connectivity index (χ0) is 22.2. The molecule has 0 spiro atoms. The van der Waals surface area contributed by atoms with Crippen molar-refractivity contribution in [3.63, 3.8) is 0 Å². The predicted molar refractivity (Wildman–Crippen MR) is 114 cm³/mol. The number of halogens is 1. The fraction of sp³-hybridized carbons (Fsp3) is 0.526. The molecule has 1 aliphatic rings. The number of nitrogens with zero attached hydrogens (tertiary/aromatic N) is 3. The Labute approximate surface area is 183 Å². The molecule has 31 heavy (non-hydrogen) atoms. The summed E-state index contributed by atoms with van der Waals surface area (Å²) in [4.78, 5) is 35.8. The lowest BCUT2D eigenvalue weighted by Crippen LogP contribution is -2.42. The van der Waals surface area contributed by atoms with Gasteiger partial charge in [-0.2, -0.15) is 4.39 Å². The van der Waals surface area contributed by atoms with Gasteiger partial charge in [-0.25, -0.2) is 19.7 Å². The van der Waals surface area contributed by atoms with Gasteiger partial charge in [0, 0.05) is 18.1 Å². The quantitative estimate of drug-likeness (QED) is 0.347. The van der Waals surface area contributed by atoms with Crippen molar-refractivity contribution in [2.45, 2.75) is 45.6 Å². The van der Waals surface area contributed by atoms with Gasteiger partial charge < -0.3 is 15.7 Å². The van der Waals surface area contributed by atoms with E-state index >= 15 is 0 Å². The first-order chi connectivity index (χ1) is 14.9. The molecule has 0 aromatic carbocycles. The number of hydrogen-bond acceptors (Lipinski definition) is 8. The fourth-order valence-corrected chi connectivity index (χ4v) is 4.18. The number of hydrazine groups is 1. The number of aromatic nitrogens is 3. The van der Waals surface area contributed by atoms with E-state index in [0.717, 1.165) is 30.7 Å². The van der Waals surface area contributed by atoms with Crippen LogP contribution < -0.4 is 21.5 Å². The van der Waals surface area contributed by atoms with Crippen molar-refractivity contribution in [1.82, 2.24) is 25.7 Å². The first kappa shape index (κ1) is 22.7. The first-order valence-corrected chi connectivity index (χ1v) is 11.0. The van der Waals surface area contributed by atoms with Crippen LogP contribution in [0.5, 0.6) is 0 Å². The fourth-order valence-electron chi connectivity index (χ4n) is 3.62. The number of carboxylic acid groups (broad SMARTS) is 1. The summed E-state index contributed by atoms with van der Waals surface area (Å²) >= 11 is 1.43. The smallest absolute Gasteiger partial charge is 0.404 e. The molecule has 3 rings (SSSR count). The predicted octanol–water partition coefficient (Wildman–Crippen LogP) is 2.90. The van der Waals surface area contributed by atoms with Crippen LogP contribution in [0.3, 0.4) is 0 Å². The van der Waals surface area contributed by atoms with Crippen molar-refractivity contribution in [2.75, 3.05) is 17.3 Å². The summed E-state index contributed by atoms with van der Waals surface area (Å²) in [6, 6.07) is 0. The van der Waals surface area contributed by atoms with Crippen LogP contribution in [0.1, 0.15) is 42.9 Å². The number of anilines is 2. The van der Waals surface area contributed by atoms with Crippen LogP contribution in [-0.2, 0) is 11.3 Å². The highest BCUT2D eigenvalue weighted by molar-refractivity contribution is 7.09. The van der Waals surface area contributed by atoms with Gasteiger partial charge in [0.15, 0.2) is 11.6 Å². The van der Waals surface area contributed by atoms with E-state index in [9.17, 15) is 14.0 Å². The number of rotatable bonds is 10. The molecule has 1 saturated carbocycles. The van der Waals surface area contributed by atoms with Crippen molar-refractivity contribution in [1.29, 1.82) is 0 Å². The molecule has 0 bridgehead atoms.